The Labute approximate surface area is 68.6 Å². The van der Waals surface area contributed by atoms with Crippen LogP contribution in [0.3, 0.4) is 0 Å². The lowest BCUT2D eigenvalue weighted by atomic mass is 9.79. The summed E-state index contributed by atoms with van der Waals surface area (Å²) in [5, 5.41) is 9.41. The van der Waals surface area contributed by atoms with Crippen molar-refractivity contribution >= 4 is 0 Å². The third kappa shape index (κ3) is 1.57. The predicted molar refractivity (Wildman–Crippen MR) is 44.0 cm³/mol. The number of hydrogen-bond acceptors (Lipinski definition) is 2. The van der Waals surface area contributed by atoms with Gasteiger partial charge in [0.2, 0.25) is 0 Å². The standard InChI is InChI=1S/C9H18O2/c1-5-6(2)8(4)11-9(10)7(5)3/h5-10H,1-4H3/t5-,6-,7-,8+,9?/m1/s1. The third-order valence-electron chi connectivity index (χ3n) is 3.20. The molecule has 1 aliphatic rings. The van der Waals surface area contributed by atoms with E-state index < -0.39 is 6.29 Å². The van der Waals surface area contributed by atoms with E-state index >= 15 is 0 Å². The zero-order valence-corrected chi connectivity index (χ0v) is 7.74. The fourth-order valence-electron chi connectivity index (χ4n) is 1.63. The fraction of sp³-hybridized carbons (Fsp3) is 1.00. The van der Waals surface area contributed by atoms with Gasteiger partial charge in [-0.3, -0.25) is 0 Å². The van der Waals surface area contributed by atoms with Crippen LogP contribution in [0, 0.1) is 17.8 Å². The first kappa shape index (κ1) is 9.01. The van der Waals surface area contributed by atoms with Gasteiger partial charge in [-0.05, 0) is 18.8 Å². The first-order valence-corrected chi connectivity index (χ1v) is 4.37. The Morgan fingerprint density at radius 2 is 1.45 bits per heavy atom. The van der Waals surface area contributed by atoms with Gasteiger partial charge >= 0.3 is 0 Å². The molecule has 0 aliphatic carbocycles. The van der Waals surface area contributed by atoms with Gasteiger partial charge in [-0.2, -0.15) is 0 Å². The van der Waals surface area contributed by atoms with E-state index in [-0.39, 0.29) is 12.0 Å². The third-order valence-corrected chi connectivity index (χ3v) is 3.20. The molecule has 0 bridgehead atoms. The van der Waals surface area contributed by atoms with E-state index in [0.717, 1.165) is 0 Å². The van der Waals surface area contributed by atoms with E-state index in [1.807, 2.05) is 13.8 Å². The summed E-state index contributed by atoms with van der Waals surface area (Å²) in [4.78, 5) is 0. The second kappa shape index (κ2) is 3.11. The van der Waals surface area contributed by atoms with E-state index in [4.69, 9.17) is 4.74 Å². The van der Waals surface area contributed by atoms with Gasteiger partial charge in [0.25, 0.3) is 0 Å². The summed E-state index contributed by atoms with van der Waals surface area (Å²) in [6.07, 6.45) is -0.368. The van der Waals surface area contributed by atoms with Gasteiger partial charge in [0, 0.05) is 5.92 Å². The van der Waals surface area contributed by atoms with Gasteiger partial charge in [0.05, 0.1) is 6.10 Å². The van der Waals surface area contributed by atoms with Crippen molar-refractivity contribution in [1.82, 2.24) is 0 Å². The molecule has 1 saturated heterocycles. The molecule has 1 fully saturated rings. The molecule has 1 rings (SSSR count). The van der Waals surface area contributed by atoms with Crippen molar-refractivity contribution in [3.63, 3.8) is 0 Å². The van der Waals surface area contributed by atoms with Crippen LogP contribution in [0.4, 0.5) is 0 Å². The molecule has 0 aromatic rings. The highest BCUT2D eigenvalue weighted by molar-refractivity contribution is 4.79. The zero-order chi connectivity index (χ0) is 8.59. The largest absolute Gasteiger partial charge is 0.368 e. The van der Waals surface area contributed by atoms with Crippen molar-refractivity contribution in [2.45, 2.75) is 40.1 Å². The van der Waals surface area contributed by atoms with Crippen LogP contribution in [-0.2, 0) is 4.74 Å². The minimum atomic E-state index is -0.559. The Kier molecular flexibility index (Phi) is 2.55. The smallest absolute Gasteiger partial charge is 0.157 e. The van der Waals surface area contributed by atoms with Gasteiger partial charge in [0.1, 0.15) is 0 Å². The number of hydrogen-bond donors (Lipinski definition) is 1. The molecule has 0 aromatic carbocycles. The van der Waals surface area contributed by atoms with Crippen LogP contribution in [0.15, 0.2) is 0 Å². The lowest BCUT2D eigenvalue weighted by Crippen LogP contribution is -2.43. The lowest BCUT2D eigenvalue weighted by Gasteiger charge is -2.40. The summed E-state index contributed by atoms with van der Waals surface area (Å²) in [6, 6.07) is 0. The van der Waals surface area contributed by atoms with Gasteiger partial charge < -0.3 is 9.84 Å². The Balaban J connectivity index is 2.63. The van der Waals surface area contributed by atoms with Gasteiger partial charge in [-0.25, -0.2) is 0 Å². The summed E-state index contributed by atoms with van der Waals surface area (Å²) < 4.78 is 5.34. The van der Waals surface area contributed by atoms with Crippen LogP contribution < -0.4 is 0 Å². The van der Waals surface area contributed by atoms with E-state index in [1.165, 1.54) is 0 Å². The average Bonchev–Trinajstić information content (AvgIpc) is 1.97. The topological polar surface area (TPSA) is 29.5 Å². The van der Waals surface area contributed by atoms with Crippen LogP contribution in [0.25, 0.3) is 0 Å². The Morgan fingerprint density at radius 1 is 0.909 bits per heavy atom. The van der Waals surface area contributed by atoms with E-state index in [1.54, 1.807) is 0 Å². The second-order valence-corrected chi connectivity index (χ2v) is 3.81. The summed E-state index contributed by atoms with van der Waals surface area (Å²) in [5.41, 5.74) is 0. The van der Waals surface area contributed by atoms with Crippen molar-refractivity contribution in [2.24, 2.45) is 17.8 Å². The molecule has 1 N–H and O–H groups in total. The van der Waals surface area contributed by atoms with E-state index in [2.05, 4.69) is 13.8 Å². The summed E-state index contributed by atoms with van der Waals surface area (Å²) in [6.45, 7) is 8.42. The predicted octanol–water partition coefficient (Wildman–Crippen LogP) is 1.63. The minimum Gasteiger partial charge on any atom is -0.368 e. The molecule has 5 atom stereocenters. The quantitative estimate of drug-likeness (QED) is 0.580. The molecular weight excluding hydrogens is 140 g/mol. The van der Waals surface area contributed by atoms with Crippen molar-refractivity contribution in [1.29, 1.82) is 0 Å². The van der Waals surface area contributed by atoms with Crippen LogP contribution in [0.5, 0.6) is 0 Å². The fourth-order valence-corrected chi connectivity index (χ4v) is 1.63. The molecule has 0 radical (unpaired) electrons. The molecule has 66 valence electrons. The normalized spacial score (nSPS) is 52.6. The van der Waals surface area contributed by atoms with Crippen LogP contribution in [0.1, 0.15) is 27.7 Å². The van der Waals surface area contributed by atoms with Gasteiger partial charge in [-0.1, -0.05) is 20.8 Å². The van der Waals surface area contributed by atoms with Crippen molar-refractivity contribution in [2.75, 3.05) is 0 Å². The molecule has 2 heteroatoms. The highest BCUT2D eigenvalue weighted by Gasteiger charge is 2.35. The van der Waals surface area contributed by atoms with Crippen LogP contribution >= 0.6 is 0 Å². The highest BCUT2D eigenvalue weighted by Crippen LogP contribution is 2.33. The molecular formula is C9H18O2. The average molecular weight is 158 g/mol. The molecule has 1 heterocycles. The summed E-state index contributed by atoms with van der Waals surface area (Å²) in [5.74, 6) is 1.36. The maximum atomic E-state index is 9.41. The maximum Gasteiger partial charge on any atom is 0.157 e. The Hall–Kier alpha value is -0.0800. The lowest BCUT2D eigenvalue weighted by molar-refractivity contribution is -0.219. The summed E-state index contributed by atoms with van der Waals surface area (Å²) in [7, 11) is 0. The monoisotopic (exact) mass is 158 g/mol. The highest BCUT2D eigenvalue weighted by atomic mass is 16.6. The van der Waals surface area contributed by atoms with Crippen molar-refractivity contribution < 1.29 is 9.84 Å². The molecule has 2 nitrogen and oxygen atoms in total. The first-order chi connectivity index (χ1) is 5.04. The maximum absolute atomic E-state index is 9.41. The minimum absolute atomic E-state index is 0.191. The molecule has 0 amide bonds. The second-order valence-electron chi connectivity index (χ2n) is 3.81. The van der Waals surface area contributed by atoms with Crippen LogP contribution in [-0.4, -0.2) is 17.5 Å². The van der Waals surface area contributed by atoms with Gasteiger partial charge in [0.15, 0.2) is 6.29 Å². The molecule has 0 aromatic heterocycles. The van der Waals surface area contributed by atoms with Crippen molar-refractivity contribution in [3.05, 3.63) is 0 Å². The Morgan fingerprint density at radius 3 is 2.00 bits per heavy atom. The van der Waals surface area contributed by atoms with E-state index in [9.17, 15) is 5.11 Å². The zero-order valence-electron chi connectivity index (χ0n) is 7.74. The van der Waals surface area contributed by atoms with E-state index in [0.29, 0.717) is 11.8 Å². The molecule has 1 aliphatic heterocycles. The number of ether oxygens (including phenoxy) is 1. The van der Waals surface area contributed by atoms with Crippen LogP contribution in [0.2, 0.25) is 0 Å². The number of rotatable bonds is 0. The molecule has 1 unspecified atom stereocenters. The molecule has 0 spiro atoms. The number of aliphatic hydroxyl groups is 1. The van der Waals surface area contributed by atoms with Gasteiger partial charge in [-0.15, -0.1) is 0 Å². The SMILES string of the molecule is C[C@@H]1[C@@H](C)[C@@H](C)C(O)O[C@H]1C. The summed E-state index contributed by atoms with van der Waals surface area (Å²) >= 11 is 0. The first-order valence-electron chi connectivity index (χ1n) is 4.37. The molecule has 0 saturated carbocycles. The number of aliphatic hydroxyl groups excluding tert-OH is 1. The molecule has 11 heavy (non-hydrogen) atoms. The Bertz CT molecular complexity index is 122. The van der Waals surface area contributed by atoms with Crippen molar-refractivity contribution in [3.8, 4) is 0 Å².